The molecular formula is C17H27N3O. The van der Waals surface area contributed by atoms with Crippen molar-refractivity contribution in [2.24, 2.45) is 5.92 Å². The van der Waals surface area contributed by atoms with Crippen molar-refractivity contribution in [2.75, 3.05) is 45.2 Å². The smallest absolute Gasteiger partial charge is 0.253 e. The molecule has 1 aromatic carbocycles. The summed E-state index contributed by atoms with van der Waals surface area (Å²) < 4.78 is 0. The van der Waals surface area contributed by atoms with Gasteiger partial charge in [-0.15, -0.1) is 0 Å². The van der Waals surface area contributed by atoms with Crippen molar-refractivity contribution < 1.29 is 4.79 Å². The Labute approximate surface area is 128 Å². The predicted molar refractivity (Wildman–Crippen MR) is 87.9 cm³/mol. The molecule has 4 nitrogen and oxygen atoms in total. The number of piperidine rings is 1. The molecule has 0 atom stereocenters. The van der Waals surface area contributed by atoms with Crippen LogP contribution in [0.25, 0.3) is 0 Å². The first-order chi connectivity index (χ1) is 10.1. The minimum atomic E-state index is 0.167. The standard InChI is InChI=1S/C17H27N3O/c1-4-18-13-14-8-10-20(11-9-14)17(21)15-6-5-7-16(12-15)19(2)3/h5-7,12,14,18H,4,8-11,13H2,1-3H3. The van der Waals surface area contributed by atoms with Crippen molar-refractivity contribution in [1.29, 1.82) is 0 Å². The maximum absolute atomic E-state index is 12.6. The summed E-state index contributed by atoms with van der Waals surface area (Å²) in [5.74, 6) is 0.878. The van der Waals surface area contributed by atoms with Gasteiger partial charge in [0.15, 0.2) is 0 Å². The molecule has 1 aliphatic rings. The van der Waals surface area contributed by atoms with E-state index in [0.29, 0.717) is 5.92 Å². The molecule has 116 valence electrons. The van der Waals surface area contributed by atoms with Crippen LogP contribution in [0.1, 0.15) is 30.1 Å². The highest BCUT2D eigenvalue weighted by Gasteiger charge is 2.23. The first-order valence-electron chi connectivity index (χ1n) is 7.89. The first kappa shape index (κ1) is 15.8. The number of nitrogens with zero attached hydrogens (tertiary/aromatic N) is 2. The number of benzene rings is 1. The lowest BCUT2D eigenvalue weighted by molar-refractivity contribution is 0.0690. The molecule has 1 fully saturated rings. The molecule has 0 unspecified atom stereocenters. The fraction of sp³-hybridized carbons (Fsp3) is 0.588. The van der Waals surface area contributed by atoms with Gasteiger partial charge in [-0.3, -0.25) is 4.79 Å². The minimum Gasteiger partial charge on any atom is -0.378 e. The van der Waals surface area contributed by atoms with E-state index in [1.54, 1.807) is 0 Å². The SMILES string of the molecule is CCNCC1CCN(C(=O)c2cccc(N(C)C)c2)CC1. The molecular weight excluding hydrogens is 262 g/mol. The van der Waals surface area contributed by atoms with Crippen molar-refractivity contribution >= 4 is 11.6 Å². The Morgan fingerprint density at radius 2 is 2.05 bits per heavy atom. The fourth-order valence-electron chi connectivity index (χ4n) is 2.79. The third kappa shape index (κ3) is 4.21. The van der Waals surface area contributed by atoms with E-state index in [1.807, 2.05) is 48.2 Å². The van der Waals surface area contributed by atoms with Crippen LogP contribution < -0.4 is 10.2 Å². The summed E-state index contributed by atoms with van der Waals surface area (Å²) in [6, 6.07) is 7.88. The average molecular weight is 289 g/mol. The Balaban J connectivity index is 1.94. The zero-order valence-corrected chi connectivity index (χ0v) is 13.4. The van der Waals surface area contributed by atoms with Crippen LogP contribution in [0.3, 0.4) is 0 Å². The van der Waals surface area contributed by atoms with Gasteiger partial charge in [0.25, 0.3) is 5.91 Å². The maximum Gasteiger partial charge on any atom is 0.253 e. The Hall–Kier alpha value is -1.55. The lowest BCUT2D eigenvalue weighted by Crippen LogP contribution is -2.40. The van der Waals surface area contributed by atoms with Gasteiger partial charge in [-0.05, 0) is 50.0 Å². The Morgan fingerprint density at radius 3 is 2.67 bits per heavy atom. The summed E-state index contributed by atoms with van der Waals surface area (Å²) in [4.78, 5) is 16.6. The lowest BCUT2D eigenvalue weighted by Gasteiger charge is -2.32. The predicted octanol–water partition coefficient (Wildman–Crippen LogP) is 2.21. The van der Waals surface area contributed by atoms with Gasteiger partial charge in [-0.25, -0.2) is 0 Å². The molecule has 4 heteroatoms. The van der Waals surface area contributed by atoms with Crippen LogP contribution in [0, 0.1) is 5.92 Å². The topological polar surface area (TPSA) is 35.6 Å². The number of rotatable bonds is 5. The Morgan fingerprint density at radius 1 is 1.33 bits per heavy atom. The van der Waals surface area contributed by atoms with Gasteiger partial charge in [-0.1, -0.05) is 13.0 Å². The number of amides is 1. The van der Waals surface area contributed by atoms with Crippen LogP contribution in [0.2, 0.25) is 0 Å². The minimum absolute atomic E-state index is 0.167. The second-order valence-electron chi connectivity index (χ2n) is 5.99. The molecule has 2 rings (SSSR count). The van der Waals surface area contributed by atoms with Gasteiger partial charge in [0.2, 0.25) is 0 Å². The molecule has 1 heterocycles. The number of carbonyl (C=O) groups excluding carboxylic acids is 1. The third-order valence-corrected chi connectivity index (χ3v) is 4.19. The summed E-state index contributed by atoms with van der Waals surface area (Å²) in [6.45, 7) is 5.99. The highest BCUT2D eigenvalue weighted by molar-refractivity contribution is 5.95. The number of hydrogen-bond acceptors (Lipinski definition) is 3. The van der Waals surface area contributed by atoms with E-state index in [0.717, 1.165) is 50.3 Å². The molecule has 21 heavy (non-hydrogen) atoms. The molecule has 0 aromatic heterocycles. The number of nitrogens with one attached hydrogen (secondary N) is 1. The van der Waals surface area contributed by atoms with Crippen LogP contribution in [-0.4, -0.2) is 51.1 Å². The van der Waals surface area contributed by atoms with Crippen LogP contribution >= 0.6 is 0 Å². The monoisotopic (exact) mass is 289 g/mol. The molecule has 0 saturated carbocycles. The molecule has 0 spiro atoms. The number of anilines is 1. The summed E-state index contributed by atoms with van der Waals surface area (Å²) in [6.07, 6.45) is 2.21. The van der Waals surface area contributed by atoms with Crippen molar-refractivity contribution in [3.8, 4) is 0 Å². The fourth-order valence-corrected chi connectivity index (χ4v) is 2.79. The van der Waals surface area contributed by atoms with E-state index in [1.165, 1.54) is 0 Å². The molecule has 0 aliphatic carbocycles. The average Bonchev–Trinajstić information content (AvgIpc) is 2.53. The zero-order valence-electron chi connectivity index (χ0n) is 13.4. The van der Waals surface area contributed by atoms with Gasteiger partial charge in [0, 0.05) is 38.4 Å². The first-order valence-corrected chi connectivity index (χ1v) is 7.89. The van der Waals surface area contributed by atoms with E-state index in [9.17, 15) is 4.79 Å². The van der Waals surface area contributed by atoms with Crippen LogP contribution in [0.4, 0.5) is 5.69 Å². The number of likely N-dealkylation sites (tertiary alicyclic amines) is 1. The van der Waals surface area contributed by atoms with E-state index >= 15 is 0 Å². The van der Waals surface area contributed by atoms with Crippen LogP contribution in [0.15, 0.2) is 24.3 Å². The number of hydrogen-bond donors (Lipinski definition) is 1. The molecule has 1 N–H and O–H groups in total. The van der Waals surface area contributed by atoms with E-state index in [-0.39, 0.29) is 5.91 Å². The lowest BCUT2D eigenvalue weighted by atomic mass is 9.96. The van der Waals surface area contributed by atoms with Gasteiger partial charge in [0.1, 0.15) is 0 Å². The van der Waals surface area contributed by atoms with Gasteiger partial charge in [-0.2, -0.15) is 0 Å². The second kappa shape index (κ2) is 7.46. The van der Waals surface area contributed by atoms with E-state index in [4.69, 9.17) is 0 Å². The molecule has 1 saturated heterocycles. The van der Waals surface area contributed by atoms with E-state index in [2.05, 4.69) is 12.2 Å². The van der Waals surface area contributed by atoms with Crippen LogP contribution in [-0.2, 0) is 0 Å². The van der Waals surface area contributed by atoms with Crippen molar-refractivity contribution in [3.05, 3.63) is 29.8 Å². The van der Waals surface area contributed by atoms with Crippen LogP contribution in [0.5, 0.6) is 0 Å². The molecule has 0 radical (unpaired) electrons. The number of carbonyl (C=O) groups is 1. The van der Waals surface area contributed by atoms with Gasteiger partial charge >= 0.3 is 0 Å². The van der Waals surface area contributed by atoms with E-state index < -0.39 is 0 Å². The molecule has 1 aliphatic heterocycles. The summed E-state index contributed by atoms with van der Waals surface area (Å²) >= 11 is 0. The van der Waals surface area contributed by atoms with Crippen molar-refractivity contribution in [1.82, 2.24) is 10.2 Å². The normalized spacial score (nSPS) is 16.0. The Bertz CT molecular complexity index is 465. The summed E-state index contributed by atoms with van der Waals surface area (Å²) in [7, 11) is 3.99. The van der Waals surface area contributed by atoms with Gasteiger partial charge < -0.3 is 15.1 Å². The van der Waals surface area contributed by atoms with Crippen molar-refractivity contribution in [2.45, 2.75) is 19.8 Å². The largest absolute Gasteiger partial charge is 0.378 e. The van der Waals surface area contributed by atoms with Crippen molar-refractivity contribution in [3.63, 3.8) is 0 Å². The summed E-state index contributed by atoms with van der Waals surface area (Å²) in [5.41, 5.74) is 1.87. The molecule has 1 aromatic rings. The highest BCUT2D eigenvalue weighted by Crippen LogP contribution is 2.20. The molecule has 0 bridgehead atoms. The zero-order chi connectivity index (χ0) is 15.2. The van der Waals surface area contributed by atoms with Gasteiger partial charge in [0.05, 0.1) is 0 Å². The quantitative estimate of drug-likeness (QED) is 0.903. The molecule has 1 amide bonds. The summed E-state index contributed by atoms with van der Waals surface area (Å²) in [5, 5.41) is 3.40. The third-order valence-electron chi connectivity index (χ3n) is 4.19. The Kier molecular flexibility index (Phi) is 5.62. The maximum atomic E-state index is 12.6. The highest BCUT2D eigenvalue weighted by atomic mass is 16.2. The second-order valence-corrected chi connectivity index (χ2v) is 5.99.